The average molecular weight is 232 g/mol. The van der Waals surface area contributed by atoms with Gasteiger partial charge in [0.05, 0.1) is 0 Å². The topological polar surface area (TPSA) is 45.9 Å². The predicted molar refractivity (Wildman–Crippen MR) is 55.4 cm³/mol. The summed E-state index contributed by atoms with van der Waals surface area (Å²) in [7, 11) is 0. The van der Waals surface area contributed by atoms with E-state index in [1.54, 1.807) is 6.07 Å². The monoisotopic (exact) mass is 232 g/mol. The summed E-state index contributed by atoms with van der Waals surface area (Å²) in [5, 5.41) is 8.63. The van der Waals surface area contributed by atoms with Gasteiger partial charge in [-0.15, -0.1) is 0 Å². The first-order chi connectivity index (χ1) is 8.19. The van der Waals surface area contributed by atoms with Crippen LogP contribution in [-0.4, -0.2) is 4.98 Å². The molecule has 2 rings (SSSR count). The van der Waals surface area contributed by atoms with Crippen LogP contribution < -0.4 is 4.74 Å². The zero-order valence-corrected chi connectivity index (χ0v) is 8.52. The normalized spacial score (nSPS) is 9.71. The van der Waals surface area contributed by atoms with Crippen molar-refractivity contribution < 1.29 is 13.5 Å². The minimum atomic E-state index is -1.00. The van der Waals surface area contributed by atoms with Crippen molar-refractivity contribution in [3.8, 4) is 17.7 Å². The fourth-order valence-corrected chi connectivity index (χ4v) is 1.20. The highest BCUT2D eigenvalue weighted by molar-refractivity contribution is 5.30. The van der Waals surface area contributed by atoms with Crippen molar-refractivity contribution in [1.82, 2.24) is 4.98 Å². The number of aromatic nitrogens is 1. The third kappa shape index (κ3) is 2.55. The van der Waals surface area contributed by atoms with Gasteiger partial charge in [0.15, 0.2) is 11.6 Å². The summed E-state index contributed by atoms with van der Waals surface area (Å²) < 4.78 is 30.8. The van der Waals surface area contributed by atoms with Crippen molar-refractivity contribution in [2.24, 2.45) is 0 Å². The van der Waals surface area contributed by atoms with E-state index in [1.807, 2.05) is 6.07 Å². The predicted octanol–water partition coefficient (Wildman–Crippen LogP) is 3.02. The van der Waals surface area contributed by atoms with Gasteiger partial charge in [-0.05, 0) is 18.2 Å². The molecule has 3 nitrogen and oxygen atoms in total. The van der Waals surface area contributed by atoms with E-state index in [-0.39, 0.29) is 17.3 Å². The number of hydrogen-bond acceptors (Lipinski definition) is 3. The Morgan fingerprint density at radius 1 is 1.12 bits per heavy atom. The first-order valence-corrected chi connectivity index (χ1v) is 4.69. The number of pyridine rings is 1. The fraction of sp³-hybridized carbons (Fsp3) is 0. The molecule has 0 aliphatic carbocycles. The Balaban J connectivity index is 2.25. The zero-order chi connectivity index (χ0) is 12.3. The minimum absolute atomic E-state index is 0.117. The Labute approximate surface area is 95.9 Å². The van der Waals surface area contributed by atoms with Crippen LogP contribution in [0.2, 0.25) is 0 Å². The van der Waals surface area contributed by atoms with Crippen molar-refractivity contribution in [1.29, 1.82) is 5.26 Å². The van der Waals surface area contributed by atoms with Gasteiger partial charge in [0.25, 0.3) is 0 Å². The molecule has 1 aromatic carbocycles. The van der Waals surface area contributed by atoms with Crippen LogP contribution in [0.4, 0.5) is 8.78 Å². The largest absolute Gasteiger partial charge is 0.439 e. The Morgan fingerprint density at radius 2 is 1.94 bits per heavy atom. The SMILES string of the molecule is N#Cc1cccc(Oc2ccc(F)c(F)c2)n1. The third-order valence-electron chi connectivity index (χ3n) is 1.95. The average Bonchev–Trinajstić information content (AvgIpc) is 2.34. The third-order valence-corrected chi connectivity index (χ3v) is 1.95. The van der Waals surface area contributed by atoms with Crippen LogP contribution in [0.15, 0.2) is 36.4 Å². The molecule has 5 heteroatoms. The van der Waals surface area contributed by atoms with Gasteiger partial charge in [-0.3, -0.25) is 0 Å². The summed E-state index contributed by atoms with van der Waals surface area (Å²) in [6.45, 7) is 0. The first kappa shape index (κ1) is 11.0. The van der Waals surface area contributed by atoms with E-state index in [0.29, 0.717) is 0 Å². The van der Waals surface area contributed by atoms with E-state index in [9.17, 15) is 8.78 Å². The number of hydrogen-bond donors (Lipinski definition) is 0. The molecule has 84 valence electrons. The zero-order valence-electron chi connectivity index (χ0n) is 8.52. The van der Waals surface area contributed by atoms with Crippen molar-refractivity contribution in [2.75, 3.05) is 0 Å². The maximum atomic E-state index is 12.9. The molecule has 0 atom stereocenters. The molecule has 0 saturated heterocycles. The number of nitrogens with zero attached hydrogens (tertiary/aromatic N) is 2. The van der Waals surface area contributed by atoms with Crippen LogP contribution in [0.25, 0.3) is 0 Å². The smallest absolute Gasteiger partial charge is 0.220 e. The van der Waals surface area contributed by atoms with Crippen LogP contribution in [0.1, 0.15) is 5.69 Å². The number of nitriles is 1. The second-order valence-electron chi connectivity index (χ2n) is 3.15. The molecule has 0 unspecified atom stereocenters. The Kier molecular flexibility index (Phi) is 2.97. The molecule has 0 spiro atoms. The Bertz CT molecular complexity index is 593. The molecule has 17 heavy (non-hydrogen) atoms. The minimum Gasteiger partial charge on any atom is -0.439 e. The Morgan fingerprint density at radius 3 is 2.65 bits per heavy atom. The van der Waals surface area contributed by atoms with E-state index in [4.69, 9.17) is 10.00 Å². The molecule has 0 aliphatic heterocycles. The molecule has 1 heterocycles. The van der Waals surface area contributed by atoms with Crippen LogP contribution in [0, 0.1) is 23.0 Å². The molecule has 1 aromatic heterocycles. The number of rotatable bonds is 2. The van der Waals surface area contributed by atoms with Gasteiger partial charge in [-0.25, -0.2) is 13.8 Å². The molecule has 0 saturated carbocycles. The standard InChI is InChI=1S/C12H6F2N2O/c13-10-5-4-9(6-11(10)14)17-12-3-1-2-8(7-15)16-12/h1-6H. The molecule has 0 aliphatic rings. The van der Waals surface area contributed by atoms with E-state index in [2.05, 4.69) is 4.98 Å². The second-order valence-corrected chi connectivity index (χ2v) is 3.15. The second kappa shape index (κ2) is 4.58. The lowest BCUT2D eigenvalue weighted by Gasteiger charge is -2.04. The van der Waals surface area contributed by atoms with Gasteiger partial charge in [0.2, 0.25) is 5.88 Å². The van der Waals surface area contributed by atoms with E-state index in [0.717, 1.165) is 12.1 Å². The van der Waals surface area contributed by atoms with E-state index in [1.165, 1.54) is 18.2 Å². The maximum Gasteiger partial charge on any atom is 0.220 e. The van der Waals surface area contributed by atoms with E-state index < -0.39 is 11.6 Å². The highest BCUT2D eigenvalue weighted by Crippen LogP contribution is 2.21. The molecular formula is C12H6F2N2O. The van der Waals surface area contributed by atoms with Crippen LogP contribution >= 0.6 is 0 Å². The van der Waals surface area contributed by atoms with Gasteiger partial charge in [-0.1, -0.05) is 6.07 Å². The van der Waals surface area contributed by atoms with Gasteiger partial charge in [0, 0.05) is 12.1 Å². The molecule has 0 fully saturated rings. The highest BCUT2D eigenvalue weighted by atomic mass is 19.2. The van der Waals surface area contributed by atoms with Gasteiger partial charge < -0.3 is 4.74 Å². The van der Waals surface area contributed by atoms with Crippen LogP contribution in [0.3, 0.4) is 0 Å². The lowest BCUT2D eigenvalue weighted by atomic mass is 10.3. The molecule has 0 bridgehead atoms. The van der Waals surface area contributed by atoms with Crippen molar-refractivity contribution >= 4 is 0 Å². The van der Waals surface area contributed by atoms with Crippen LogP contribution in [0.5, 0.6) is 11.6 Å². The summed E-state index contributed by atoms with van der Waals surface area (Å²) >= 11 is 0. The quantitative estimate of drug-likeness (QED) is 0.799. The molecule has 0 amide bonds. The van der Waals surface area contributed by atoms with Crippen molar-refractivity contribution in [2.45, 2.75) is 0 Å². The number of ether oxygens (including phenoxy) is 1. The lowest BCUT2D eigenvalue weighted by molar-refractivity contribution is 0.447. The van der Waals surface area contributed by atoms with Crippen molar-refractivity contribution in [3.63, 3.8) is 0 Å². The van der Waals surface area contributed by atoms with E-state index >= 15 is 0 Å². The maximum absolute atomic E-state index is 12.9. The fourth-order valence-electron chi connectivity index (χ4n) is 1.20. The summed E-state index contributed by atoms with van der Waals surface area (Å²) in [5.74, 6) is -1.68. The summed E-state index contributed by atoms with van der Waals surface area (Å²) in [6.07, 6.45) is 0. The summed E-state index contributed by atoms with van der Waals surface area (Å²) in [6, 6.07) is 9.61. The molecule has 0 N–H and O–H groups in total. The van der Waals surface area contributed by atoms with Crippen molar-refractivity contribution in [3.05, 3.63) is 53.7 Å². The highest BCUT2D eigenvalue weighted by Gasteiger charge is 2.05. The number of benzene rings is 1. The first-order valence-electron chi connectivity index (χ1n) is 4.69. The molecule has 2 aromatic rings. The summed E-state index contributed by atoms with van der Waals surface area (Å²) in [5.41, 5.74) is 0.185. The Hall–Kier alpha value is -2.48. The number of halogens is 2. The lowest BCUT2D eigenvalue weighted by Crippen LogP contribution is -1.91. The van der Waals surface area contributed by atoms with Gasteiger partial charge in [0.1, 0.15) is 17.5 Å². The van der Waals surface area contributed by atoms with Gasteiger partial charge >= 0.3 is 0 Å². The van der Waals surface area contributed by atoms with Crippen LogP contribution in [-0.2, 0) is 0 Å². The summed E-state index contributed by atoms with van der Waals surface area (Å²) in [4.78, 5) is 3.84. The molecular weight excluding hydrogens is 226 g/mol. The van der Waals surface area contributed by atoms with Gasteiger partial charge in [-0.2, -0.15) is 5.26 Å². The molecule has 0 radical (unpaired) electrons.